The van der Waals surface area contributed by atoms with Gasteiger partial charge in [0.15, 0.2) is 0 Å². The van der Waals surface area contributed by atoms with Gasteiger partial charge in [0.05, 0.1) is 6.10 Å². The Morgan fingerprint density at radius 1 is 0.931 bits per heavy atom. The number of anilines is 1. The average molecular weight is 397 g/mol. The highest BCUT2D eigenvalue weighted by atomic mass is 16.5. The summed E-state index contributed by atoms with van der Waals surface area (Å²) in [6, 6.07) is 12.4. The summed E-state index contributed by atoms with van der Waals surface area (Å²) in [5.41, 5.74) is 7.81. The number of nitrogens with one attached hydrogen (secondary N) is 3. The lowest BCUT2D eigenvalue weighted by Crippen LogP contribution is -2.41. The van der Waals surface area contributed by atoms with Gasteiger partial charge in [-0.15, -0.1) is 0 Å². The van der Waals surface area contributed by atoms with Gasteiger partial charge in [0.2, 0.25) is 11.8 Å². The monoisotopic (exact) mass is 397 g/mol. The first kappa shape index (κ1) is 21.9. The first-order valence-electron chi connectivity index (χ1n) is 9.47. The molecule has 0 unspecified atom stereocenters. The van der Waals surface area contributed by atoms with Gasteiger partial charge in [0.1, 0.15) is 5.75 Å². The Kier molecular flexibility index (Phi) is 7.77. The lowest BCUT2D eigenvalue weighted by atomic mass is 10.1. The fourth-order valence-electron chi connectivity index (χ4n) is 2.64. The molecule has 0 saturated carbocycles. The van der Waals surface area contributed by atoms with Crippen molar-refractivity contribution >= 4 is 23.4 Å². The Balaban J connectivity index is 1.77. The Hall–Kier alpha value is -3.35. The molecular weight excluding hydrogens is 370 g/mol. The molecule has 0 fully saturated rings. The van der Waals surface area contributed by atoms with Crippen molar-refractivity contribution in [1.29, 1.82) is 0 Å². The SMILES string of the molecule is Cc1ccc(NC(=O)CCC(=O)NNC(=O)c2cccc(OC(C)C)c2)c(C)c1. The zero-order valence-corrected chi connectivity index (χ0v) is 17.2. The lowest BCUT2D eigenvalue weighted by molar-refractivity contribution is -0.124. The molecule has 0 saturated heterocycles. The lowest BCUT2D eigenvalue weighted by Gasteiger charge is -2.12. The van der Waals surface area contributed by atoms with E-state index in [0.717, 1.165) is 16.8 Å². The summed E-state index contributed by atoms with van der Waals surface area (Å²) in [6.45, 7) is 7.67. The van der Waals surface area contributed by atoms with Crippen LogP contribution in [0.25, 0.3) is 0 Å². The van der Waals surface area contributed by atoms with Crippen molar-refractivity contribution in [3.8, 4) is 5.75 Å². The van der Waals surface area contributed by atoms with E-state index < -0.39 is 11.8 Å². The molecule has 7 heteroatoms. The molecule has 0 atom stereocenters. The first-order valence-corrected chi connectivity index (χ1v) is 9.47. The molecule has 0 aromatic heterocycles. The van der Waals surface area contributed by atoms with E-state index in [1.165, 1.54) is 0 Å². The van der Waals surface area contributed by atoms with E-state index in [0.29, 0.717) is 11.3 Å². The van der Waals surface area contributed by atoms with Crippen molar-refractivity contribution in [3.05, 3.63) is 59.2 Å². The van der Waals surface area contributed by atoms with Gasteiger partial charge in [-0.1, -0.05) is 23.8 Å². The molecule has 3 N–H and O–H groups in total. The average Bonchev–Trinajstić information content (AvgIpc) is 2.66. The smallest absolute Gasteiger partial charge is 0.269 e. The van der Waals surface area contributed by atoms with Gasteiger partial charge in [0.25, 0.3) is 5.91 Å². The molecule has 0 bridgehead atoms. The van der Waals surface area contributed by atoms with Gasteiger partial charge in [0, 0.05) is 24.1 Å². The third-order valence-electron chi connectivity index (χ3n) is 4.02. The van der Waals surface area contributed by atoms with E-state index >= 15 is 0 Å². The van der Waals surface area contributed by atoms with E-state index in [2.05, 4.69) is 16.2 Å². The summed E-state index contributed by atoms with van der Waals surface area (Å²) in [5.74, 6) is -0.616. The van der Waals surface area contributed by atoms with Crippen LogP contribution in [0.15, 0.2) is 42.5 Å². The molecule has 0 heterocycles. The summed E-state index contributed by atoms with van der Waals surface area (Å²) in [4.78, 5) is 36.1. The maximum Gasteiger partial charge on any atom is 0.269 e. The van der Waals surface area contributed by atoms with Crippen LogP contribution in [0, 0.1) is 13.8 Å². The van der Waals surface area contributed by atoms with Gasteiger partial charge < -0.3 is 10.1 Å². The summed E-state index contributed by atoms with van der Waals surface area (Å²) in [5, 5.41) is 2.79. The zero-order valence-electron chi connectivity index (χ0n) is 17.2. The van der Waals surface area contributed by atoms with Crippen LogP contribution in [-0.4, -0.2) is 23.8 Å². The van der Waals surface area contributed by atoms with Crippen molar-refractivity contribution in [2.24, 2.45) is 0 Å². The second-order valence-electron chi connectivity index (χ2n) is 7.06. The second-order valence-corrected chi connectivity index (χ2v) is 7.06. The van der Waals surface area contributed by atoms with Crippen molar-refractivity contribution in [1.82, 2.24) is 10.9 Å². The van der Waals surface area contributed by atoms with Crippen LogP contribution in [0.3, 0.4) is 0 Å². The molecular formula is C22H27N3O4. The maximum atomic E-state index is 12.2. The van der Waals surface area contributed by atoms with Gasteiger partial charge >= 0.3 is 0 Å². The number of hydrazine groups is 1. The highest BCUT2D eigenvalue weighted by Gasteiger charge is 2.11. The standard InChI is InChI=1S/C22H27N3O4/c1-14(2)29-18-7-5-6-17(13-18)22(28)25-24-21(27)11-10-20(26)23-19-9-8-15(3)12-16(19)4/h5-9,12-14H,10-11H2,1-4H3,(H,23,26)(H,24,27)(H,25,28). The molecule has 0 radical (unpaired) electrons. The number of hydrogen-bond donors (Lipinski definition) is 3. The molecule has 0 aliphatic carbocycles. The Bertz CT molecular complexity index is 893. The number of amides is 3. The molecule has 2 rings (SSSR count). The normalized spacial score (nSPS) is 10.4. The van der Waals surface area contributed by atoms with Crippen LogP contribution < -0.4 is 20.9 Å². The second kappa shape index (κ2) is 10.3. The molecule has 0 spiro atoms. The van der Waals surface area contributed by atoms with Crippen LogP contribution in [0.1, 0.15) is 48.2 Å². The quantitative estimate of drug-likeness (QED) is 0.625. The third kappa shape index (κ3) is 7.29. The number of carbonyl (C=O) groups is 3. The minimum atomic E-state index is -0.465. The molecule has 2 aromatic carbocycles. The minimum Gasteiger partial charge on any atom is -0.491 e. The number of hydrogen-bond acceptors (Lipinski definition) is 4. The van der Waals surface area contributed by atoms with Crippen molar-refractivity contribution < 1.29 is 19.1 Å². The minimum absolute atomic E-state index is 0.00668. The number of ether oxygens (including phenoxy) is 1. The van der Waals surface area contributed by atoms with Crippen LogP contribution in [0.4, 0.5) is 5.69 Å². The molecule has 7 nitrogen and oxygen atoms in total. The van der Waals surface area contributed by atoms with Crippen LogP contribution in [0.5, 0.6) is 5.75 Å². The molecule has 29 heavy (non-hydrogen) atoms. The molecule has 154 valence electrons. The summed E-state index contributed by atoms with van der Waals surface area (Å²) >= 11 is 0. The van der Waals surface area contributed by atoms with E-state index in [4.69, 9.17) is 4.74 Å². The van der Waals surface area contributed by atoms with Crippen LogP contribution in [-0.2, 0) is 9.59 Å². The number of benzene rings is 2. The predicted octanol–water partition coefficient (Wildman–Crippen LogP) is 3.27. The van der Waals surface area contributed by atoms with Crippen molar-refractivity contribution in [2.45, 2.75) is 46.6 Å². The summed E-state index contributed by atoms with van der Waals surface area (Å²) in [6.07, 6.45) is -0.0527. The zero-order chi connectivity index (χ0) is 21.4. The van der Waals surface area contributed by atoms with Gasteiger partial charge in [-0.2, -0.15) is 0 Å². The first-order chi connectivity index (χ1) is 13.7. The summed E-state index contributed by atoms with van der Waals surface area (Å²) < 4.78 is 5.55. The van der Waals surface area contributed by atoms with Crippen molar-refractivity contribution in [3.63, 3.8) is 0 Å². The Morgan fingerprint density at radius 2 is 1.66 bits per heavy atom. The Labute approximate surface area is 170 Å². The maximum absolute atomic E-state index is 12.2. The fourth-order valence-corrected chi connectivity index (χ4v) is 2.64. The van der Waals surface area contributed by atoms with Crippen LogP contribution in [0.2, 0.25) is 0 Å². The molecule has 3 amide bonds. The number of carbonyl (C=O) groups excluding carboxylic acids is 3. The van der Waals surface area contributed by atoms with Crippen molar-refractivity contribution in [2.75, 3.05) is 5.32 Å². The van der Waals surface area contributed by atoms with Crippen LogP contribution >= 0.6 is 0 Å². The van der Waals surface area contributed by atoms with Gasteiger partial charge in [-0.05, 0) is 57.5 Å². The number of rotatable bonds is 7. The van der Waals surface area contributed by atoms with Gasteiger partial charge in [-0.3, -0.25) is 25.2 Å². The summed E-state index contributed by atoms with van der Waals surface area (Å²) in [7, 11) is 0. The Morgan fingerprint density at radius 3 is 2.34 bits per heavy atom. The predicted molar refractivity (Wildman–Crippen MR) is 112 cm³/mol. The largest absolute Gasteiger partial charge is 0.491 e. The number of aryl methyl sites for hydroxylation is 2. The fraction of sp³-hybridized carbons (Fsp3) is 0.318. The molecule has 0 aliphatic heterocycles. The van der Waals surface area contributed by atoms with E-state index in [9.17, 15) is 14.4 Å². The van der Waals surface area contributed by atoms with E-state index in [-0.39, 0.29) is 24.9 Å². The van der Waals surface area contributed by atoms with E-state index in [1.54, 1.807) is 24.3 Å². The third-order valence-corrected chi connectivity index (χ3v) is 4.02. The highest BCUT2D eigenvalue weighted by Crippen LogP contribution is 2.16. The van der Waals surface area contributed by atoms with Gasteiger partial charge in [-0.25, -0.2) is 0 Å². The topological polar surface area (TPSA) is 96.5 Å². The highest BCUT2D eigenvalue weighted by molar-refractivity contribution is 5.97. The molecule has 2 aromatic rings. The van der Waals surface area contributed by atoms with E-state index in [1.807, 2.05) is 45.9 Å². The molecule has 0 aliphatic rings.